The van der Waals surface area contributed by atoms with Gasteiger partial charge in [-0.1, -0.05) is 6.07 Å². The summed E-state index contributed by atoms with van der Waals surface area (Å²) < 4.78 is 10.5. The van der Waals surface area contributed by atoms with Gasteiger partial charge in [0.2, 0.25) is 0 Å². The van der Waals surface area contributed by atoms with Crippen molar-refractivity contribution in [2.24, 2.45) is 0 Å². The molecule has 1 aromatic rings. The number of thioether (sulfide) groups is 1. The van der Waals surface area contributed by atoms with Crippen LogP contribution in [0.2, 0.25) is 0 Å². The molecule has 0 spiro atoms. The van der Waals surface area contributed by atoms with E-state index in [1.807, 2.05) is 0 Å². The van der Waals surface area contributed by atoms with E-state index in [1.54, 1.807) is 25.1 Å². The number of imide groups is 1. The minimum atomic E-state index is -0.329. The summed E-state index contributed by atoms with van der Waals surface area (Å²) in [4.78, 5) is 26.5. The summed E-state index contributed by atoms with van der Waals surface area (Å²) in [5.74, 6) is 0.735. The van der Waals surface area contributed by atoms with Crippen molar-refractivity contribution in [3.63, 3.8) is 0 Å². The highest BCUT2D eigenvalue weighted by Gasteiger charge is 2.38. The average molecular weight is 337 g/mol. The quantitative estimate of drug-likeness (QED) is 0.761. The fourth-order valence-corrected chi connectivity index (χ4v) is 3.25. The smallest absolute Gasteiger partial charge is 0.267 e. The Hall–Kier alpha value is -1.99. The number of methoxy groups -OCH3 is 2. The maximum absolute atomic E-state index is 12.6. The lowest BCUT2D eigenvalue weighted by atomic mass is 10.1. The molecule has 0 atom stereocenters. The number of rotatable bonds is 7. The molecule has 0 fully saturated rings. The molecule has 1 aromatic carbocycles. The van der Waals surface area contributed by atoms with E-state index in [1.165, 1.54) is 30.9 Å². The Labute approximate surface area is 139 Å². The molecule has 0 bridgehead atoms. The van der Waals surface area contributed by atoms with Crippen molar-refractivity contribution >= 4 is 29.1 Å². The normalized spacial score (nSPS) is 14.7. The molecule has 2 rings (SSSR count). The maximum atomic E-state index is 12.6. The van der Waals surface area contributed by atoms with Gasteiger partial charge in [0.25, 0.3) is 11.8 Å². The van der Waals surface area contributed by atoms with Crippen LogP contribution in [0.15, 0.2) is 23.1 Å². The molecule has 0 saturated carbocycles. The first kappa shape index (κ1) is 17.4. The van der Waals surface area contributed by atoms with Crippen LogP contribution in [-0.2, 0) is 9.59 Å². The first-order valence-corrected chi connectivity index (χ1v) is 8.14. The summed E-state index contributed by atoms with van der Waals surface area (Å²) in [5, 5.41) is 9.02. The molecule has 2 amide bonds. The number of aliphatic hydroxyl groups is 1. The van der Waals surface area contributed by atoms with Gasteiger partial charge < -0.3 is 14.6 Å². The van der Waals surface area contributed by atoms with Crippen LogP contribution in [-0.4, -0.2) is 54.9 Å². The topological polar surface area (TPSA) is 76.1 Å². The van der Waals surface area contributed by atoms with Crippen molar-refractivity contribution < 1.29 is 24.2 Å². The minimum absolute atomic E-state index is 0.0685. The second-order valence-electron chi connectivity index (χ2n) is 4.70. The molecule has 124 valence electrons. The third-order valence-electron chi connectivity index (χ3n) is 3.45. The molecule has 1 heterocycles. The molecule has 0 unspecified atom stereocenters. The Balaban J connectivity index is 2.53. The fourth-order valence-electron chi connectivity index (χ4n) is 2.37. The van der Waals surface area contributed by atoms with Crippen LogP contribution >= 0.6 is 11.8 Å². The van der Waals surface area contributed by atoms with Gasteiger partial charge in [0.1, 0.15) is 0 Å². The number of nitrogens with zero attached hydrogens (tertiary/aromatic N) is 1. The van der Waals surface area contributed by atoms with Gasteiger partial charge in [-0.3, -0.25) is 14.5 Å². The number of aliphatic hydroxyl groups excluding tert-OH is 1. The lowest BCUT2D eigenvalue weighted by molar-refractivity contribution is -0.136. The lowest BCUT2D eigenvalue weighted by Crippen LogP contribution is -2.31. The van der Waals surface area contributed by atoms with Gasteiger partial charge in [-0.05, 0) is 24.6 Å². The van der Waals surface area contributed by atoms with Crippen molar-refractivity contribution in [2.45, 2.75) is 6.92 Å². The molecule has 1 aliphatic heterocycles. The van der Waals surface area contributed by atoms with Gasteiger partial charge in [0.05, 0.1) is 31.3 Å². The van der Waals surface area contributed by atoms with Gasteiger partial charge in [-0.2, -0.15) is 0 Å². The van der Waals surface area contributed by atoms with Crippen molar-refractivity contribution in [3.8, 4) is 11.5 Å². The Morgan fingerprint density at radius 2 is 1.83 bits per heavy atom. The highest BCUT2D eigenvalue weighted by atomic mass is 32.2. The van der Waals surface area contributed by atoms with E-state index in [4.69, 9.17) is 14.6 Å². The first-order valence-electron chi connectivity index (χ1n) is 7.15. The molecule has 6 nitrogen and oxygen atoms in total. The summed E-state index contributed by atoms with van der Waals surface area (Å²) in [6, 6.07) is 5.10. The van der Waals surface area contributed by atoms with Crippen LogP contribution in [0.4, 0.5) is 0 Å². The number of likely N-dealkylation sites (N-methyl/N-ethyl adjacent to an activating group) is 1. The minimum Gasteiger partial charge on any atom is -0.493 e. The molecule has 1 aliphatic rings. The number of hydrogen-bond acceptors (Lipinski definition) is 6. The molecule has 0 radical (unpaired) electrons. The van der Waals surface area contributed by atoms with E-state index in [0.717, 1.165) is 0 Å². The van der Waals surface area contributed by atoms with Crippen LogP contribution in [0.25, 0.3) is 5.57 Å². The molecule has 1 N–H and O–H groups in total. The Morgan fingerprint density at radius 1 is 1.13 bits per heavy atom. The number of benzene rings is 1. The van der Waals surface area contributed by atoms with Crippen molar-refractivity contribution in [1.29, 1.82) is 0 Å². The number of amides is 2. The first-order chi connectivity index (χ1) is 11.1. The molecular formula is C16H19NO5S. The second kappa shape index (κ2) is 7.52. The van der Waals surface area contributed by atoms with Crippen molar-refractivity contribution in [1.82, 2.24) is 4.90 Å². The van der Waals surface area contributed by atoms with E-state index >= 15 is 0 Å². The average Bonchev–Trinajstić information content (AvgIpc) is 2.81. The summed E-state index contributed by atoms with van der Waals surface area (Å²) in [7, 11) is 3.04. The van der Waals surface area contributed by atoms with E-state index < -0.39 is 0 Å². The van der Waals surface area contributed by atoms with E-state index in [0.29, 0.717) is 39.8 Å². The summed E-state index contributed by atoms with van der Waals surface area (Å²) in [5.41, 5.74) is 0.939. The fraction of sp³-hybridized carbons (Fsp3) is 0.375. The third kappa shape index (κ3) is 3.20. The van der Waals surface area contributed by atoms with Crippen LogP contribution in [0.5, 0.6) is 11.5 Å². The molecule has 23 heavy (non-hydrogen) atoms. The predicted molar refractivity (Wildman–Crippen MR) is 88.4 cm³/mol. The third-order valence-corrected chi connectivity index (χ3v) is 4.51. The van der Waals surface area contributed by atoms with Crippen LogP contribution in [0.3, 0.4) is 0 Å². The van der Waals surface area contributed by atoms with Crippen molar-refractivity contribution in [3.05, 3.63) is 28.7 Å². The van der Waals surface area contributed by atoms with Gasteiger partial charge >= 0.3 is 0 Å². The molecule has 0 aromatic heterocycles. The highest BCUT2D eigenvalue weighted by Crippen LogP contribution is 2.38. The summed E-state index contributed by atoms with van der Waals surface area (Å²) in [6.07, 6.45) is 0. The Kier molecular flexibility index (Phi) is 5.68. The summed E-state index contributed by atoms with van der Waals surface area (Å²) in [6.45, 7) is 1.99. The largest absolute Gasteiger partial charge is 0.493 e. The predicted octanol–water partition coefficient (Wildman–Crippen LogP) is 1.53. The standard InChI is InChI=1S/C16H19NO5S/c1-4-17-15(19)13(14(16(17)20)23-8-7-18)10-5-6-11(21-2)12(9-10)22-3/h5-6,9,18H,4,7-8H2,1-3H3. The van der Waals surface area contributed by atoms with E-state index in [9.17, 15) is 9.59 Å². The summed E-state index contributed by atoms with van der Waals surface area (Å²) >= 11 is 1.19. The van der Waals surface area contributed by atoms with Gasteiger partial charge in [0.15, 0.2) is 11.5 Å². The van der Waals surface area contributed by atoms with Crippen LogP contribution in [0.1, 0.15) is 12.5 Å². The molecule has 0 aliphatic carbocycles. The van der Waals surface area contributed by atoms with Crippen LogP contribution < -0.4 is 9.47 Å². The lowest BCUT2D eigenvalue weighted by Gasteiger charge is -2.12. The number of carbonyl (C=O) groups is 2. The number of hydrogen-bond donors (Lipinski definition) is 1. The maximum Gasteiger partial charge on any atom is 0.267 e. The Bertz CT molecular complexity index is 656. The molecular weight excluding hydrogens is 318 g/mol. The monoisotopic (exact) mass is 337 g/mol. The van der Waals surface area contributed by atoms with Crippen molar-refractivity contribution in [2.75, 3.05) is 33.1 Å². The van der Waals surface area contributed by atoms with Gasteiger partial charge in [-0.25, -0.2) is 0 Å². The van der Waals surface area contributed by atoms with Gasteiger partial charge in [0, 0.05) is 12.3 Å². The zero-order valence-corrected chi connectivity index (χ0v) is 14.1. The zero-order chi connectivity index (χ0) is 17.0. The number of ether oxygens (including phenoxy) is 2. The van der Waals surface area contributed by atoms with Gasteiger partial charge in [-0.15, -0.1) is 11.8 Å². The number of carbonyl (C=O) groups excluding carboxylic acids is 2. The second-order valence-corrected chi connectivity index (χ2v) is 5.81. The Morgan fingerprint density at radius 3 is 2.39 bits per heavy atom. The van der Waals surface area contributed by atoms with Crippen LogP contribution in [0, 0.1) is 0 Å². The highest BCUT2D eigenvalue weighted by molar-refractivity contribution is 8.04. The zero-order valence-electron chi connectivity index (χ0n) is 13.3. The molecule has 0 saturated heterocycles. The SMILES string of the molecule is CCN1C(=O)C(SCCO)=C(c2ccc(OC)c(OC)c2)C1=O. The molecule has 7 heteroatoms. The van der Waals surface area contributed by atoms with E-state index in [-0.39, 0.29) is 18.4 Å². The van der Waals surface area contributed by atoms with E-state index in [2.05, 4.69) is 0 Å².